The van der Waals surface area contributed by atoms with E-state index in [2.05, 4.69) is 81.5 Å². The number of hydrogen-bond acceptors (Lipinski definition) is 6. The van der Waals surface area contributed by atoms with E-state index < -0.39 is 6.10 Å². The van der Waals surface area contributed by atoms with Crippen molar-refractivity contribution in [2.24, 2.45) is 0 Å². The maximum Gasteiger partial charge on any atom is 0.306 e. The molecule has 0 unspecified atom stereocenters. The summed E-state index contributed by atoms with van der Waals surface area (Å²) in [6.45, 7) is 6.48. The maximum absolute atomic E-state index is 12.8. The first kappa shape index (κ1) is 58.1. The van der Waals surface area contributed by atoms with E-state index in [9.17, 15) is 14.4 Å². The van der Waals surface area contributed by atoms with Gasteiger partial charge in [-0.25, -0.2) is 0 Å². The number of carbonyl (C=O) groups excluding carboxylic acids is 3. The Bertz CT molecular complexity index is 1120. The number of ether oxygens (including phenoxy) is 3. The molecular formula is C55H96O6. The van der Waals surface area contributed by atoms with Gasteiger partial charge < -0.3 is 14.2 Å². The highest BCUT2D eigenvalue weighted by Gasteiger charge is 2.19. The van der Waals surface area contributed by atoms with Crippen LogP contribution in [0, 0.1) is 0 Å². The molecule has 0 amide bonds. The van der Waals surface area contributed by atoms with E-state index in [0.717, 1.165) is 77.0 Å². The summed E-state index contributed by atoms with van der Waals surface area (Å²) in [6, 6.07) is 0. The molecule has 0 rings (SSSR count). The predicted octanol–water partition coefficient (Wildman–Crippen LogP) is 16.9. The van der Waals surface area contributed by atoms with E-state index >= 15 is 0 Å². The van der Waals surface area contributed by atoms with Crippen LogP contribution in [-0.4, -0.2) is 37.2 Å². The normalized spacial score (nSPS) is 12.5. The fourth-order valence-corrected chi connectivity index (χ4v) is 7.18. The fraction of sp³-hybridized carbons (Fsp3) is 0.764. The second kappa shape index (κ2) is 49.8. The van der Waals surface area contributed by atoms with Gasteiger partial charge in [0, 0.05) is 19.3 Å². The zero-order chi connectivity index (χ0) is 44.4. The minimum atomic E-state index is -0.792. The van der Waals surface area contributed by atoms with E-state index in [-0.39, 0.29) is 37.5 Å². The lowest BCUT2D eigenvalue weighted by Gasteiger charge is -2.18. The van der Waals surface area contributed by atoms with Crippen molar-refractivity contribution in [2.45, 2.75) is 258 Å². The Morgan fingerprint density at radius 1 is 0.344 bits per heavy atom. The number of allylic oxidation sites excluding steroid dienone is 10. The molecule has 0 aliphatic carbocycles. The zero-order valence-electron chi connectivity index (χ0n) is 40.2. The average Bonchev–Trinajstić information content (AvgIpc) is 3.26. The van der Waals surface area contributed by atoms with Gasteiger partial charge in [0.1, 0.15) is 13.2 Å². The van der Waals surface area contributed by atoms with Crippen LogP contribution in [0.4, 0.5) is 0 Å². The summed E-state index contributed by atoms with van der Waals surface area (Å²) in [5.74, 6) is -0.944. The van der Waals surface area contributed by atoms with Gasteiger partial charge in [-0.2, -0.15) is 0 Å². The Morgan fingerprint density at radius 2 is 0.639 bits per heavy atom. The van der Waals surface area contributed by atoms with Crippen molar-refractivity contribution < 1.29 is 28.6 Å². The molecule has 0 bridgehead atoms. The molecule has 0 aromatic heterocycles. The van der Waals surface area contributed by atoms with Gasteiger partial charge in [-0.15, -0.1) is 0 Å². The van der Waals surface area contributed by atoms with Gasteiger partial charge in [-0.3, -0.25) is 14.4 Å². The smallest absolute Gasteiger partial charge is 0.306 e. The second-order valence-corrected chi connectivity index (χ2v) is 17.1. The number of esters is 3. The predicted molar refractivity (Wildman–Crippen MR) is 261 cm³/mol. The summed E-state index contributed by atoms with van der Waals surface area (Å²) in [6.07, 6.45) is 60.7. The average molecular weight is 853 g/mol. The van der Waals surface area contributed by atoms with E-state index in [4.69, 9.17) is 14.2 Å². The third kappa shape index (κ3) is 48.0. The highest BCUT2D eigenvalue weighted by molar-refractivity contribution is 5.71. The largest absolute Gasteiger partial charge is 0.462 e. The zero-order valence-corrected chi connectivity index (χ0v) is 40.2. The molecule has 0 aliphatic rings. The van der Waals surface area contributed by atoms with Crippen molar-refractivity contribution in [3.63, 3.8) is 0 Å². The van der Waals surface area contributed by atoms with Gasteiger partial charge in [0.2, 0.25) is 0 Å². The Kier molecular flexibility index (Phi) is 47.4. The van der Waals surface area contributed by atoms with Crippen LogP contribution in [0.5, 0.6) is 0 Å². The molecule has 0 fully saturated rings. The Balaban J connectivity index is 4.42. The molecular weight excluding hydrogens is 757 g/mol. The molecule has 0 radical (unpaired) electrons. The molecule has 0 aromatic rings. The first-order chi connectivity index (χ1) is 30.0. The van der Waals surface area contributed by atoms with Crippen molar-refractivity contribution in [3.8, 4) is 0 Å². The van der Waals surface area contributed by atoms with Gasteiger partial charge in [0.15, 0.2) is 6.10 Å². The summed E-state index contributed by atoms with van der Waals surface area (Å²) in [7, 11) is 0. The van der Waals surface area contributed by atoms with Gasteiger partial charge in [0.25, 0.3) is 0 Å². The molecule has 0 spiro atoms. The minimum Gasteiger partial charge on any atom is -0.462 e. The van der Waals surface area contributed by atoms with E-state index in [0.29, 0.717) is 19.3 Å². The van der Waals surface area contributed by atoms with Gasteiger partial charge in [-0.1, -0.05) is 236 Å². The van der Waals surface area contributed by atoms with Crippen LogP contribution in [0.2, 0.25) is 0 Å². The van der Waals surface area contributed by atoms with Crippen molar-refractivity contribution >= 4 is 17.9 Å². The van der Waals surface area contributed by atoms with Crippen LogP contribution < -0.4 is 0 Å². The Morgan fingerprint density at radius 3 is 1.00 bits per heavy atom. The van der Waals surface area contributed by atoms with Gasteiger partial charge in [-0.05, 0) is 57.8 Å². The first-order valence-electron chi connectivity index (χ1n) is 25.8. The van der Waals surface area contributed by atoms with Crippen LogP contribution in [0.3, 0.4) is 0 Å². The first-order valence-corrected chi connectivity index (χ1v) is 25.8. The lowest BCUT2D eigenvalue weighted by atomic mass is 10.0. The Labute approximate surface area is 377 Å². The molecule has 1 atom stereocenters. The molecule has 352 valence electrons. The molecule has 0 saturated heterocycles. The molecule has 0 saturated carbocycles. The third-order valence-corrected chi connectivity index (χ3v) is 11.0. The maximum atomic E-state index is 12.8. The molecule has 0 aromatic carbocycles. The van der Waals surface area contributed by atoms with Crippen molar-refractivity contribution in [1.29, 1.82) is 0 Å². The van der Waals surface area contributed by atoms with Crippen LogP contribution in [0.1, 0.15) is 252 Å². The molecule has 61 heavy (non-hydrogen) atoms. The standard InChI is InChI=1S/C55H96O6/c1-4-7-10-13-16-19-22-24-26-28-30-31-33-36-39-42-45-48-54(57)60-51-52(50-59-53(56)47-44-41-38-35-21-18-15-12-9-6-3)61-55(58)49-46-43-40-37-34-32-29-27-25-23-20-17-14-11-8-5-2/h7,10,16,19,24,26,30-31,36,39,52H,4-6,8-9,11-15,17-18,20-23,25,27-29,32-35,37-38,40-51H2,1-3H3/b10-7-,19-16-,26-24-,31-30-,39-36-/t52-/m0/s1. The highest BCUT2D eigenvalue weighted by atomic mass is 16.6. The van der Waals surface area contributed by atoms with Crippen molar-refractivity contribution in [3.05, 3.63) is 60.8 Å². The minimum absolute atomic E-state index is 0.0887. The molecule has 6 nitrogen and oxygen atoms in total. The molecule has 0 aliphatic heterocycles. The van der Waals surface area contributed by atoms with E-state index in [1.807, 2.05) is 0 Å². The third-order valence-electron chi connectivity index (χ3n) is 11.0. The SMILES string of the molecule is CC/C=C\C/C=C\C/C=C\C/C=C\C/C=C\CCCC(=O)OC[C@H](COC(=O)CCCCCCCCCCCC)OC(=O)CCCCCCCCCCCCCCCCCC. The van der Waals surface area contributed by atoms with Crippen molar-refractivity contribution in [1.82, 2.24) is 0 Å². The van der Waals surface area contributed by atoms with E-state index in [1.165, 1.54) is 128 Å². The topological polar surface area (TPSA) is 78.9 Å². The molecule has 0 heterocycles. The number of rotatable bonds is 46. The van der Waals surface area contributed by atoms with E-state index in [1.54, 1.807) is 0 Å². The number of unbranched alkanes of at least 4 members (excludes halogenated alkanes) is 25. The Hall–Kier alpha value is -2.89. The summed E-state index contributed by atoms with van der Waals surface area (Å²) in [4.78, 5) is 37.9. The van der Waals surface area contributed by atoms with Crippen LogP contribution >= 0.6 is 0 Å². The lowest BCUT2D eigenvalue weighted by molar-refractivity contribution is -0.167. The monoisotopic (exact) mass is 853 g/mol. The van der Waals surface area contributed by atoms with Gasteiger partial charge >= 0.3 is 17.9 Å². The summed E-state index contributed by atoms with van der Waals surface area (Å²) < 4.78 is 16.7. The summed E-state index contributed by atoms with van der Waals surface area (Å²) in [5.41, 5.74) is 0. The highest BCUT2D eigenvalue weighted by Crippen LogP contribution is 2.15. The van der Waals surface area contributed by atoms with Crippen molar-refractivity contribution in [2.75, 3.05) is 13.2 Å². The molecule has 0 N–H and O–H groups in total. The van der Waals surface area contributed by atoms with Gasteiger partial charge in [0.05, 0.1) is 0 Å². The summed E-state index contributed by atoms with van der Waals surface area (Å²) in [5, 5.41) is 0. The number of carbonyl (C=O) groups is 3. The second-order valence-electron chi connectivity index (χ2n) is 17.1. The number of hydrogen-bond donors (Lipinski definition) is 0. The van der Waals surface area contributed by atoms with Crippen LogP contribution in [0.15, 0.2) is 60.8 Å². The van der Waals surface area contributed by atoms with Crippen LogP contribution in [0.25, 0.3) is 0 Å². The fourth-order valence-electron chi connectivity index (χ4n) is 7.18. The molecule has 6 heteroatoms. The van der Waals surface area contributed by atoms with Crippen LogP contribution in [-0.2, 0) is 28.6 Å². The lowest BCUT2D eigenvalue weighted by Crippen LogP contribution is -2.30. The quantitative estimate of drug-likeness (QED) is 0.0263. The summed E-state index contributed by atoms with van der Waals surface area (Å²) >= 11 is 0.